The summed E-state index contributed by atoms with van der Waals surface area (Å²) < 4.78 is 6.19. The average Bonchev–Trinajstić information content (AvgIpc) is 2.76. The largest absolute Gasteiger partial charge is 0.506 e. The van der Waals surface area contributed by atoms with Crippen LogP contribution in [0.1, 0.15) is 26.3 Å². The number of methoxy groups -OCH3 is 1. The van der Waals surface area contributed by atoms with Crippen LogP contribution >= 0.6 is 0 Å². The molecule has 1 aromatic carbocycles. The fraction of sp³-hybridized carbons (Fsp3) is 0.182. The van der Waals surface area contributed by atoms with E-state index in [1.807, 2.05) is 0 Å². The smallest absolute Gasteiger partial charge is 0.265 e. The second-order valence-electron chi connectivity index (χ2n) is 6.55. The van der Waals surface area contributed by atoms with Crippen LogP contribution in [0.4, 0.5) is 0 Å². The molecule has 8 nitrogen and oxygen atoms in total. The zero-order valence-electron chi connectivity index (χ0n) is 16.6. The van der Waals surface area contributed by atoms with E-state index in [0.717, 1.165) is 0 Å². The number of nitrogens with zero attached hydrogens (tertiary/aromatic N) is 2. The minimum absolute atomic E-state index is 0.262. The van der Waals surface area contributed by atoms with Gasteiger partial charge in [0.1, 0.15) is 11.3 Å². The molecule has 2 aromatic heterocycles. The van der Waals surface area contributed by atoms with Crippen molar-refractivity contribution in [1.82, 2.24) is 14.9 Å². The third-order valence-corrected chi connectivity index (χ3v) is 4.58. The summed E-state index contributed by atoms with van der Waals surface area (Å²) in [5.41, 5.74) is 0.563. The van der Waals surface area contributed by atoms with E-state index in [4.69, 9.17) is 4.74 Å². The van der Waals surface area contributed by atoms with Crippen LogP contribution in [0.2, 0.25) is 0 Å². The van der Waals surface area contributed by atoms with Crippen LogP contribution in [-0.2, 0) is 11.8 Å². The molecule has 0 fully saturated rings. The number of nitrogens with one attached hydrogen (secondary N) is 1. The van der Waals surface area contributed by atoms with Gasteiger partial charge in [-0.15, -0.1) is 0 Å². The summed E-state index contributed by atoms with van der Waals surface area (Å²) in [6.45, 7) is 0.785. The highest BCUT2D eigenvalue weighted by Crippen LogP contribution is 2.25. The van der Waals surface area contributed by atoms with E-state index >= 15 is 0 Å². The van der Waals surface area contributed by atoms with Crippen LogP contribution in [0, 0.1) is 0 Å². The molecule has 0 aliphatic rings. The van der Waals surface area contributed by atoms with Gasteiger partial charge in [0.15, 0.2) is 5.78 Å². The van der Waals surface area contributed by atoms with Crippen LogP contribution in [0.3, 0.4) is 0 Å². The summed E-state index contributed by atoms with van der Waals surface area (Å²) in [4.78, 5) is 41.3. The molecule has 30 heavy (non-hydrogen) atoms. The molecule has 0 aliphatic heterocycles. The van der Waals surface area contributed by atoms with Crippen LogP contribution in [0.25, 0.3) is 17.0 Å². The molecule has 0 bridgehead atoms. The molecule has 0 aliphatic carbocycles. The summed E-state index contributed by atoms with van der Waals surface area (Å²) in [6, 6.07) is 8.27. The number of ether oxygens (including phenoxy) is 1. The highest BCUT2D eigenvalue weighted by molar-refractivity contribution is 6.11. The van der Waals surface area contributed by atoms with E-state index in [0.29, 0.717) is 35.2 Å². The zero-order chi connectivity index (χ0) is 21.7. The number of allylic oxidation sites excluding steroid dienone is 1. The first kappa shape index (κ1) is 20.9. The molecule has 0 saturated carbocycles. The predicted octanol–water partition coefficient (Wildman–Crippen LogP) is 1.91. The van der Waals surface area contributed by atoms with E-state index in [-0.39, 0.29) is 11.5 Å². The number of rotatable bonds is 7. The van der Waals surface area contributed by atoms with Gasteiger partial charge in [0, 0.05) is 38.7 Å². The molecule has 2 heterocycles. The number of benzene rings is 1. The summed E-state index contributed by atoms with van der Waals surface area (Å²) in [5.74, 6) is -1.31. The Kier molecular flexibility index (Phi) is 6.38. The first-order valence-electron chi connectivity index (χ1n) is 9.19. The van der Waals surface area contributed by atoms with Gasteiger partial charge >= 0.3 is 0 Å². The van der Waals surface area contributed by atoms with E-state index in [1.165, 1.54) is 36.2 Å². The van der Waals surface area contributed by atoms with Crippen molar-refractivity contribution in [3.8, 4) is 5.75 Å². The maximum Gasteiger partial charge on any atom is 0.265 e. The van der Waals surface area contributed by atoms with Gasteiger partial charge < -0.3 is 19.7 Å². The van der Waals surface area contributed by atoms with Crippen LogP contribution in [-0.4, -0.2) is 46.6 Å². The Balaban J connectivity index is 1.88. The minimum Gasteiger partial charge on any atom is -0.506 e. The maximum absolute atomic E-state index is 12.7. The first-order valence-corrected chi connectivity index (χ1v) is 9.19. The van der Waals surface area contributed by atoms with Crippen molar-refractivity contribution < 1.29 is 19.4 Å². The number of hydrogen-bond donors (Lipinski definition) is 2. The lowest BCUT2D eigenvalue weighted by Crippen LogP contribution is -2.26. The Morgan fingerprint density at radius 1 is 1.30 bits per heavy atom. The molecule has 0 spiro atoms. The van der Waals surface area contributed by atoms with E-state index < -0.39 is 17.1 Å². The standard InChI is InChI=1S/C22H21N3O5/c1-25-17-8-9-23-13-16(17)20(27)19(22(25)29)18(26)7-6-14-4-3-5-15(12-14)21(28)24-10-11-30-2/h3-9,12-13,27H,10-11H2,1-2H3,(H,24,28). The summed E-state index contributed by atoms with van der Waals surface area (Å²) >= 11 is 0. The normalized spacial score (nSPS) is 11.1. The molecule has 3 aromatic rings. The fourth-order valence-electron chi connectivity index (χ4n) is 3.00. The van der Waals surface area contributed by atoms with Gasteiger partial charge in [0.05, 0.1) is 17.5 Å². The number of hydrogen-bond acceptors (Lipinski definition) is 6. The Hall–Kier alpha value is -3.78. The molecule has 0 atom stereocenters. The van der Waals surface area contributed by atoms with Crippen molar-refractivity contribution in [2.24, 2.45) is 7.05 Å². The number of pyridine rings is 2. The second kappa shape index (κ2) is 9.15. The number of aryl methyl sites for hydroxylation is 1. The van der Waals surface area contributed by atoms with Crippen molar-refractivity contribution in [2.45, 2.75) is 0 Å². The SMILES string of the molecule is COCCNC(=O)c1cccc(C=CC(=O)c2c(O)c3cnccc3n(C)c2=O)c1. The van der Waals surface area contributed by atoms with Crippen molar-refractivity contribution in [2.75, 3.05) is 20.3 Å². The third kappa shape index (κ3) is 4.28. The predicted molar refractivity (Wildman–Crippen MR) is 113 cm³/mol. The molecule has 154 valence electrons. The van der Waals surface area contributed by atoms with Gasteiger partial charge in [0.25, 0.3) is 11.5 Å². The zero-order valence-corrected chi connectivity index (χ0v) is 16.6. The number of fused-ring (bicyclic) bond motifs is 1. The van der Waals surface area contributed by atoms with Gasteiger partial charge in [-0.2, -0.15) is 0 Å². The highest BCUT2D eigenvalue weighted by Gasteiger charge is 2.19. The number of aromatic nitrogens is 2. The van der Waals surface area contributed by atoms with Crippen molar-refractivity contribution >= 4 is 28.7 Å². The summed E-state index contributed by atoms with van der Waals surface area (Å²) in [5, 5.41) is 13.5. The number of carbonyl (C=O) groups is 2. The quantitative estimate of drug-likeness (QED) is 0.352. The number of carbonyl (C=O) groups excluding carboxylic acids is 2. The molecule has 8 heteroatoms. The minimum atomic E-state index is -0.645. The van der Waals surface area contributed by atoms with E-state index in [1.54, 1.807) is 37.4 Å². The Bertz CT molecular complexity index is 1200. The van der Waals surface area contributed by atoms with Crippen molar-refractivity contribution in [3.05, 3.63) is 75.8 Å². The van der Waals surface area contributed by atoms with E-state index in [9.17, 15) is 19.5 Å². The lowest BCUT2D eigenvalue weighted by molar-refractivity contribution is 0.0936. The Labute approximate surface area is 172 Å². The van der Waals surface area contributed by atoms with Gasteiger partial charge in [-0.3, -0.25) is 19.4 Å². The monoisotopic (exact) mass is 407 g/mol. The van der Waals surface area contributed by atoms with Crippen molar-refractivity contribution in [3.63, 3.8) is 0 Å². The lowest BCUT2D eigenvalue weighted by Gasteiger charge is -2.09. The molecule has 1 amide bonds. The summed E-state index contributed by atoms with van der Waals surface area (Å²) in [7, 11) is 3.07. The first-order chi connectivity index (χ1) is 14.4. The molecule has 3 rings (SSSR count). The van der Waals surface area contributed by atoms with Gasteiger partial charge in [-0.1, -0.05) is 18.2 Å². The highest BCUT2D eigenvalue weighted by atomic mass is 16.5. The number of ketones is 1. The Morgan fingerprint density at radius 2 is 2.10 bits per heavy atom. The van der Waals surface area contributed by atoms with Gasteiger partial charge in [0.2, 0.25) is 0 Å². The topological polar surface area (TPSA) is 111 Å². The average molecular weight is 407 g/mol. The fourth-order valence-corrected chi connectivity index (χ4v) is 3.00. The number of amides is 1. The Morgan fingerprint density at radius 3 is 2.87 bits per heavy atom. The molecular weight excluding hydrogens is 386 g/mol. The van der Waals surface area contributed by atoms with E-state index in [2.05, 4.69) is 10.3 Å². The van der Waals surface area contributed by atoms with Crippen LogP contribution in [0.15, 0.2) is 53.6 Å². The second-order valence-corrected chi connectivity index (χ2v) is 6.55. The lowest BCUT2D eigenvalue weighted by atomic mass is 10.1. The van der Waals surface area contributed by atoms with Gasteiger partial charge in [-0.05, 0) is 29.8 Å². The van der Waals surface area contributed by atoms with Gasteiger partial charge in [-0.25, -0.2) is 0 Å². The van der Waals surface area contributed by atoms with Crippen LogP contribution in [0.5, 0.6) is 5.75 Å². The number of aromatic hydroxyl groups is 1. The molecule has 0 radical (unpaired) electrons. The molecule has 2 N–H and O–H groups in total. The summed E-state index contributed by atoms with van der Waals surface area (Å²) in [6.07, 6.45) is 5.58. The third-order valence-electron chi connectivity index (χ3n) is 4.58. The maximum atomic E-state index is 12.7. The van der Waals surface area contributed by atoms with Crippen LogP contribution < -0.4 is 10.9 Å². The van der Waals surface area contributed by atoms with Crippen molar-refractivity contribution in [1.29, 1.82) is 0 Å². The molecular formula is C22H21N3O5. The molecule has 0 unspecified atom stereocenters. The molecule has 0 saturated heterocycles.